The van der Waals surface area contributed by atoms with Crippen molar-refractivity contribution in [2.24, 2.45) is 10.7 Å². The molecule has 0 heterocycles. The molecule has 0 aliphatic carbocycles. The molecular formula is C19H20N6O6. The molecule has 12 nitrogen and oxygen atoms in total. The van der Waals surface area contributed by atoms with Crippen molar-refractivity contribution in [3.63, 3.8) is 0 Å². The van der Waals surface area contributed by atoms with Gasteiger partial charge in [0.05, 0.1) is 43.4 Å². The molecule has 2 rings (SSSR count). The average Bonchev–Trinajstić information content (AvgIpc) is 2.73. The molecule has 0 aliphatic heterocycles. The number of nitrogen functional groups attached to an aromatic ring is 1. The molecule has 0 bridgehead atoms. The van der Waals surface area contributed by atoms with Gasteiger partial charge in [0.15, 0.2) is 0 Å². The third-order valence-corrected chi connectivity index (χ3v) is 4.42. The van der Waals surface area contributed by atoms with E-state index in [0.29, 0.717) is 13.0 Å². The first-order chi connectivity index (χ1) is 14.6. The Morgan fingerprint density at radius 1 is 0.935 bits per heavy atom. The number of aliphatic imine (C=N–C) groups is 1. The fourth-order valence-electron chi connectivity index (χ4n) is 2.86. The van der Waals surface area contributed by atoms with Gasteiger partial charge in [0, 0.05) is 24.4 Å². The van der Waals surface area contributed by atoms with Crippen molar-refractivity contribution < 1.29 is 14.8 Å². The summed E-state index contributed by atoms with van der Waals surface area (Å²) >= 11 is 0. The molecule has 0 aliphatic rings. The molecule has 0 saturated heterocycles. The van der Waals surface area contributed by atoms with Gasteiger partial charge in [-0.05, 0) is 37.1 Å². The normalized spacial score (nSPS) is 12.3. The van der Waals surface area contributed by atoms with Gasteiger partial charge in [-0.2, -0.15) is 0 Å². The van der Waals surface area contributed by atoms with Crippen molar-refractivity contribution in [3.8, 4) is 0 Å². The summed E-state index contributed by atoms with van der Waals surface area (Å²) in [5.74, 6) is 0. The number of allylic oxidation sites excluding steroid dienone is 2. The maximum absolute atomic E-state index is 11.5. The Bertz CT molecular complexity index is 1120. The second-order valence-corrected chi connectivity index (χ2v) is 6.52. The molecule has 12 heteroatoms. The Kier molecular flexibility index (Phi) is 6.98. The third-order valence-electron chi connectivity index (χ3n) is 4.42. The number of benzene rings is 2. The summed E-state index contributed by atoms with van der Waals surface area (Å²) in [6, 6.07) is 7.21. The molecule has 162 valence electrons. The van der Waals surface area contributed by atoms with E-state index in [9.17, 15) is 30.3 Å². The van der Waals surface area contributed by atoms with Crippen LogP contribution in [-0.4, -0.2) is 27.0 Å². The molecule has 2 aromatic rings. The quantitative estimate of drug-likeness (QED) is 0.275. The highest BCUT2D eigenvalue weighted by Crippen LogP contribution is 2.32. The summed E-state index contributed by atoms with van der Waals surface area (Å²) in [7, 11) is 0. The first-order valence-corrected chi connectivity index (χ1v) is 9.07. The van der Waals surface area contributed by atoms with Crippen LogP contribution in [0.3, 0.4) is 0 Å². The van der Waals surface area contributed by atoms with E-state index in [-0.39, 0.29) is 39.5 Å². The lowest BCUT2D eigenvalue weighted by Crippen LogP contribution is -2.17. The third kappa shape index (κ3) is 4.98. The van der Waals surface area contributed by atoms with Crippen LogP contribution in [0.25, 0.3) is 5.57 Å². The van der Waals surface area contributed by atoms with Crippen molar-refractivity contribution in [3.05, 3.63) is 83.6 Å². The van der Waals surface area contributed by atoms with Gasteiger partial charge in [-0.3, -0.25) is 35.3 Å². The maximum atomic E-state index is 11.5. The van der Waals surface area contributed by atoms with Crippen molar-refractivity contribution in [1.82, 2.24) is 0 Å². The number of anilines is 1. The van der Waals surface area contributed by atoms with Crippen molar-refractivity contribution in [1.29, 1.82) is 0 Å². The van der Waals surface area contributed by atoms with Gasteiger partial charge in [-0.1, -0.05) is 6.92 Å². The SMILES string of the molecule is CCCN=C(/C(N)=C(\C)c1ccc([N+](=O)[O-])cc1[N+](=O)[O-])c1ccc(N)cc1[N+](=O)[O-]. The second kappa shape index (κ2) is 9.43. The van der Waals surface area contributed by atoms with E-state index in [1.165, 1.54) is 31.2 Å². The standard InChI is InChI=1S/C19H20N6O6/c1-3-8-22-19(15-6-4-12(20)9-16(15)24(28)29)18(21)11(2)14-7-5-13(23(26)27)10-17(14)25(30)31/h4-7,9-10H,3,8,20-21H2,1-2H3/b18-11-,22-19?. The monoisotopic (exact) mass is 428 g/mol. The Morgan fingerprint density at radius 2 is 1.52 bits per heavy atom. The number of rotatable bonds is 8. The van der Waals surface area contributed by atoms with Crippen LogP contribution < -0.4 is 11.5 Å². The van der Waals surface area contributed by atoms with Crippen molar-refractivity contribution in [2.45, 2.75) is 20.3 Å². The minimum Gasteiger partial charge on any atom is -0.399 e. The highest BCUT2D eigenvalue weighted by molar-refractivity contribution is 6.18. The number of nitro groups is 3. The molecule has 0 radical (unpaired) electrons. The molecule has 0 fully saturated rings. The lowest BCUT2D eigenvalue weighted by atomic mass is 9.97. The van der Waals surface area contributed by atoms with Crippen LogP contribution in [-0.2, 0) is 0 Å². The molecule has 4 N–H and O–H groups in total. The lowest BCUT2D eigenvalue weighted by molar-refractivity contribution is -0.394. The fourth-order valence-corrected chi connectivity index (χ4v) is 2.86. The highest BCUT2D eigenvalue weighted by Gasteiger charge is 2.25. The average molecular weight is 428 g/mol. The summed E-state index contributed by atoms with van der Waals surface area (Å²) in [5, 5.41) is 34.0. The summed E-state index contributed by atoms with van der Waals surface area (Å²) in [4.78, 5) is 36.3. The molecule has 2 aromatic carbocycles. The van der Waals surface area contributed by atoms with E-state index >= 15 is 0 Å². The van der Waals surface area contributed by atoms with E-state index in [1.54, 1.807) is 0 Å². The molecule has 0 aromatic heterocycles. The van der Waals surface area contributed by atoms with Crippen LogP contribution in [0, 0.1) is 30.3 Å². The van der Waals surface area contributed by atoms with E-state index in [0.717, 1.165) is 12.1 Å². The van der Waals surface area contributed by atoms with Crippen LogP contribution in [0.5, 0.6) is 0 Å². The zero-order chi connectivity index (χ0) is 23.3. The topological polar surface area (TPSA) is 194 Å². The molecule has 0 unspecified atom stereocenters. The number of hydrogen-bond acceptors (Lipinski definition) is 9. The Balaban J connectivity index is 2.77. The molecule has 0 saturated carbocycles. The van der Waals surface area contributed by atoms with Crippen LogP contribution in [0.2, 0.25) is 0 Å². The lowest BCUT2D eigenvalue weighted by Gasteiger charge is -2.13. The Hall–Kier alpha value is -4.35. The van der Waals surface area contributed by atoms with Crippen LogP contribution in [0.15, 0.2) is 47.1 Å². The van der Waals surface area contributed by atoms with E-state index < -0.39 is 26.1 Å². The van der Waals surface area contributed by atoms with Crippen LogP contribution in [0.1, 0.15) is 31.4 Å². The highest BCUT2D eigenvalue weighted by atomic mass is 16.6. The summed E-state index contributed by atoms with van der Waals surface area (Å²) in [6.07, 6.45) is 0.621. The molecular weight excluding hydrogens is 408 g/mol. The van der Waals surface area contributed by atoms with Crippen LogP contribution in [0.4, 0.5) is 22.7 Å². The van der Waals surface area contributed by atoms with Crippen molar-refractivity contribution >= 4 is 34.0 Å². The predicted molar refractivity (Wildman–Crippen MR) is 116 cm³/mol. The number of nitro benzene ring substituents is 3. The minimum atomic E-state index is -0.756. The zero-order valence-electron chi connectivity index (χ0n) is 16.8. The van der Waals surface area contributed by atoms with E-state index in [4.69, 9.17) is 11.5 Å². The van der Waals surface area contributed by atoms with Gasteiger partial charge < -0.3 is 11.5 Å². The Labute approximate surface area is 176 Å². The second-order valence-electron chi connectivity index (χ2n) is 6.52. The van der Waals surface area contributed by atoms with Gasteiger partial charge in [0.2, 0.25) is 0 Å². The van der Waals surface area contributed by atoms with E-state index in [1.807, 2.05) is 6.92 Å². The maximum Gasteiger partial charge on any atom is 0.283 e. The van der Waals surface area contributed by atoms with Gasteiger partial charge in [0.25, 0.3) is 17.1 Å². The number of nitrogens with zero attached hydrogens (tertiary/aromatic N) is 4. The van der Waals surface area contributed by atoms with Crippen molar-refractivity contribution in [2.75, 3.05) is 12.3 Å². The first-order valence-electron chi connectivity index (χ1n) is 9.07. The molecule has 31 heavy (non-hydrogen) atoms. The minimum absolute atomic E-state index is 0.0294. The molecule has 0 spiro atoms. The molecule has 0 amide bonds. The van der Waals surface area contributed by atoms with Crippen LogP contribution >= 0.6 is 0 Å². The number of hydrogen-bond donors (Lipinski definition) is 2. The number of non-ortho nitro benzene ring substituents is 1. The first kappa shape index (κ1) is 22.9. The summed E-state index contributed by atoms with van der Waals surface area (Å²) in [5.41, 5.74) is 11.2. The smallest absolute Gasteiger partial charge is 0.283 e. The summed E-state index contributed by atoms with van der Waals surface area (Å²) < 4.78 is 0. The van der Waals surface area contributed by atoms with Gasteiger partial charge >= 0.3 is 0 Å². The zero-order valence-corrected chi connectivity index (χ0v) is 16.8. The largest absolute Gasteiger partial charge is 0.399 e. The van der Waals surface area contributed by atoms with Gasteiger partial charge in [-0.25, -0.2) is 0 Å². The molecule has 0 atom stereocenters. The predicted octanol–water partition coefficient (Wildman–Crippen LogP) is 3.58. The van der Waals surface area contributed by atoms with E-state index in [2.05, 4.69) is 4.99 Å². The summed E-state index contributed by atoms with van der Waals surface area (Å²) in [6.45, 7) is 3.63. The fraction of sp³-hybridized carbons (Fsp3) is 0.211. The van der Waals surface area contributed by atoms with Gasteiger partial charge in [-0.15, -0.1) is 0 Å². The Morgan fingerprint density at radius 3 is 2.06 bits per heavy atom. The number of nitrogens with two attached hydrogens (primary N) is 2. The van der Waals surface area contributed by atoms with Gasteiger partial charge in [0.1, 0.15) is 0 Å².